The summed E-state index contributed by atoms with van der Waals surface area (Å²) in [5.74, 6) is -1.49. The Morgan fingerprint density at radius 1 is 1.39 bits per heavy atom. The molecule has 1 atom stereocenters. The molecule has 0 fully saturated rings. The summed E-state index contributed by atoms with van der Waals surface area (Å²) in [4.78, 5) is 23.2. The molecule has 0 bridgehead atoms. The maximum Gasteiger partial charge on any atom is 0.326 e. The van der Waals surface area contributed by atoms with E-state index in [0.717, 1.165) is 5.56 Å². The highest BCUT2D eigenvalue weighted by atomic mass is 35.5. The predicted molar refractivity (Wildman–Crippen MR) is 86.6 cm³/mol. The molecular weight excluding hydrogens is 318 g/mol. The number of halogens is 1. The highest BCUT2D eigenvalue weighted by molar-refractivity contribution is 6.31. The number of carbonyl (C=O) groups is 2. The molecule has 1 unspecified atom stereocenters. The molecule has 6 nitrogen and oxygen atoms in total. The molecule has 122 valence electrons. The van der Waals surface area contributed by atoms with Gasteiger partial charge in [0.15, 0.2) is 0 Å². The van der Waals surface area contributed by atoms with Crippen LogP contribution >= 0.6 is 11.6 Å². The van der Waals surface area contributed by atoms with Crippen LogP contribution in [0.25, 0.3) is 0 Å². The van der Waals surface area contributed by atoms with Crippen molar-refractivity contribution < 1.29 is 14.7 Å². The SMILES string of the molecule is CCCC(NC(=O)c1cnn(Cc2ccccc2Cl)c1)C(=O)O. The average Bonchev–Trinajstić information content (AvgIpc) is 2.97. The summed E-state index contributed by atoms with van der Waals surface area (Å²) in [7, 11) is 0. The fraction of sp³-hybridized carbons (Fsp3) is 0.312. The van der Waals surface area contributed by atoms with Gasteiger partial charge in [0.1, 0.15) is 6.04 Å². The number of aromatic nitrogens is 2. The Morgan fingerprint density at radius 2 is 2.13 bits per heavy atom. The van der Waals surface area contributed by atoms with Crippen molar-refractivity contribution in [1.82, 2.24) is 15.1 Å². The molecule has 0 aliphatic rings. The zero-order valence-corrected chi connectivity index (χ0v) is 13.5. The van der Waals surface area contributed by atoms with Gasteiger partial charge in [-0.25, -0.2) is 4.79 Å². The minimum absolute atomic E-state index is 0.319. The molecule has 23 heavy (non-hydrogen) atoms. The van der Waals surface area contributed by atoms with Gasteiger partial charge >= 0.3 is 5.97 Å². The fourth-order valence-corrected chi connectivity index (χ4v) is 2.35. The first-order valence-corrected chi connectivity index (χ1v) is 7.68. The predicted octanol–water partition coefficient (Wildman–Crippen LogP) is 2.57. The summed E-state index contributed by atoms with van der Waals surface area (Å²) in [5, 5.41) is 16.3. The molecule has 2 N–H and O–H groups in total. The van der Waals surface area contributed by atoms with E-state index in [2.05, 4.69) is 10.4 Å². The molecular formula is C16H18ClN3O3. The molecule has 1 amide bonds. The number of hydrogen-bond acceptors (Lipinski definition) is 3. The van der Waals surface area contributed by atoms with Crippen LogP contribution in [-0.2, 0) is 11.3 Å². The maximum absolute atomic E-state index is 12.1. The molecule has 0 aliphatic carbocycles. The number of rotatable bonds is 7. The van der Waals surface area contributed by atoms with Gasteiger partial charge in [-0.1, -0.05) is 43.1 Å². The van der Waals surface area contributed by atoms with Crippen LogP contribution in [0, 0.1) is 0 Å². The quantitative estimate of drug-likeness (QED) is 0.814. The van der Waals surface area contributed by atoms with Crippen LogP contribution in [0.5, 0.6) is 0 Å². The van der Waals surface area contributed by atoms with Gasteiger partial charge in [0.25, 0.3) is 5.91 Å². The number of amides is 1. The molecule has 0 saturated heterocycles. The van der Waals surface area contributed by atoms with E-state index in [1.54, 1.807) is 16.9 Å². The molecule has 2 aromatic rings. The maximum atomic E-state index is 12.1. The molecule has 1 aromatic carbocycles. The summed E-state index contributed by atoms with van der Waals surface area (Å²) >= 11 is 6.10. The van der Waals surface area contributed by atoms with Gasteiger partial charge in [0, 0.05) is 11.2 Å². The van der Waals surface area contributed by atoms with E-state index in [4.69, 9.17) is 16.7 Å². The van der Waals surface area contributed by atoms with E-state index in [-0.39, 0.29) is 0 Å². The highest BCUT2D eigenvalue weighted by Gasteiger charge is 2.20. The van der Waals surface area contributed by atoms with E-state index in [1.165, 1.54) is 6.20 Å². The lowest BCUT2D eigenvalue weighted by molar-refractivity contribution is -0.139. The summed E-state index contributed by atoms with van der Waals surface area (Å²) in [6.45, 7) is 2.30. The van der Waals surface area contributed by atoms with Crippen molar-refractivity contribution in [1.29, 1.82) is 0 Å². The van der Waals surface area contributed by atoms with Gasteiger partial charge in [0.05, 0.1) is 18.3 Å². The Labute approximate surface area is 139 Å². The zero-order valence-electron chi connectivity index (χ0n) is 12.7. The first-order chi connectivity index (χ1) is 11.0. The summed E-state index contributed by atoms with van der Waals surface area (Å²) in [6, 6.07) is 6.50. The molecule has 0 saturated carbocycles. The van der Waals surface area contributed by atoms with E-state index < -0.39 is 17.9 Å². The minimum atomic E-state index is -1.04. The van der Waals surface area contributed by atoms with E-state index in [1.807, 2.05) is 25.1 Å². The molecule has 0 radical (unpaired) electrons. The molecule has 2 rings (SSSR count). The lowest BCUT2D eigenvalue weighted by atomic mass is 10.1. The Bertz CT molecular complexity index is 699. The van der Waals surface area contributed by atoms with Gasteiger partial charge < -0.3 is 10.4 Å². The second-order valence-electron chi connectivity index (χ2n) is 5.17. The second kappa shape index (κ2) is 7.78. The van der Waals surface area contributed by atoms with Crippen LogP contribution in [0.4, 0.5) is 0 Å². The number of carboxylic acids is 1. The third-order valence-electron chi connectivity index (χ3n) is 3.37. The second-order valence-corrected chi connectivity index (χ2v) is 5.58. The number of benzene rings is 1. The van der Waals surface area contributed by atoms with Gasteiger partial charge in [-0.2, -0.15) is 5.10 Å². The van der Waals surface area contributed by atoms with Gasteiger partial charge in [-0.3, -0.25) is 9.48 Å². The highest BCUT2D eigenvalue weighted by Crippen LogP contribution is 2.16. The standard InChI is InChI=1S/C16H18ClN3O3/c1-2-5-14(16(22)23)19-15(21)12-8-18-20(10-12)9-11-6-3-4-7-13(11)17/h3-4,6-8,10,14H,2,5,9H2,1H3,(H,19,21)(H,22,23). The van der Waals surface area contributed by atoms with E-state index in [9.17, 15) is 9.59 Å². The Kier molecular flexibility index (Phi) is 5.76. The number of aliphatic carboxylic acids is 1. The van der Waals surface area contributed by atoms with Crippen LogP contribution in [0.2, 0.25) is 5.02 Å². The number of hydrogen-bond donors (Lipinski definition) is 2. The van der Waals surface area contributed by atoms with Crippen LogP contribution in [0.15, 0.2) is 36.7 Å². The largest absolute Gasteiger partial charge is 0.480 e. The third-order valence-corrected chi connectivity index (χ3v) is 3.74. The van der Waals surface area contributed by atoms with Crippen LogP contribution in [0.3, 0.4) is 0 Å². The molecule has 1 heterocycles. The Hall–Kier alpha value is -2.34. The topological polar surface area (TPSA) is 84.2 Å². The van der Waals surface area contributed by atoms with Crippen molar-refractivity contribution in [2.75, 3.05) is 0 Å². The van der Waals surface area contributed by atoms with Crippen molar-refractivity contribution in [3.63, 3.8) is 0 Å². The van der Waals surface area contributed by atoms with Crippen LogP contribution in [-0.4, -0.2) is 32.8 Å². The fourth-order valence-electron chi connectivity index (χ4n) is 2.16. The summed E-state index contributed by atoms with van der Waals surface area (Å²) in [6.07, 6.45) is 4.04. The van der Waals surface area contributed by atoms with E-state index in [0.29, 0.717) is 30.0 Å². The van der Waals surface area contributed by atoms with Gasteiger partial charge in [-0.15, -0.1) is 0 Å². The van der Waals surface area contributed by atoms with Gasteiger partial charge in [0.2, 0.25) is 0 Å². The zero-order chi connectivity index (χ0) is 16.8. The van der Waals surface area contributed by atoms with Gasteiger partial charge in [-0.05, 0) is 18.1 Å². The number of carboxylic acid groups (broad SMARTS) is 1. The first kappa shape index (κ1) is 17.0. The number of carbonyl (C=O) groups excluding carboxylic acids is 1. The average molecular weight is 336 g/mol. The smallest absolute Gasteiger partial charge is 0.326 e. The number of nitrogens with one attached hydrogen (secondary N) is 1. The Morgan fingerprint density at radius 3 is 2.78 bits per heavy atom. The van der Waals surface area contributed by atoms with Crippen molar-refractivity contribution in [3.8, 4) is 0 Å². The lowest BCUT2D eigenvalue weighted by Gasteiger charge is -2.12. The van der Waals surface area contributed by atoms with E-state index >= 15 is 0 Å². The summed E-state index contributed by atoms with van der Waals surface area (Å²) in [5.41, 5.74) is 1.21. The Balaban J connectivity index is 2.05. The molecule has 7 heteroatoms. The monoisotopic (exact) mass is 335 g/mol. The normalized spacial score (nSPS) is 11.9. The number of nitrogens with zero attached hydrogens (tertiary/aromatic N) is 2. The van der Waals surface area contributed by atoms with Crippen LogP contribution < -0.4 is 5.32 Å². The van der Waals surface area contributed by atoms with Crippen molar-refractivity contribution in [2.45, 2.75) is 32.4 Å². The van der Waals surface area contributed by atoms with Crippen molar-refractivity contribution in [2.24, 2.45) is 0 Å². The first-order valence-electron chi connectivity index (χ1n) is 7.30. The summed E-state index contributed by atoms with van der Waals surface area (Å²) < 4.78 is 1.59. The van der Waals surface area contributed by atoms with Crippen molar-refractivity contribution in [3.05, 3.63) is 52.8 Å². The third kappa shape index (κ3) is 4.56. The molecule has 0 aliphatic heterocycles. The lowest BCUT2D eigenvalue weighted by Crippen LogP contribution is -2.40. The minimum Gasteiger partial charge on any atom is -0.480 e. The van der Waals surface area contributed by atoms with Crippen molar-refractivity contribution >= 4 is 23.5 Å². The molecule has 0 spiro atoms. The molecule has 1 aromatic heterocycles. The van der Waals surface area contributed by atoms with Crippen LogP contribution in [0.1, 0.15) is 35.7 Å².